The second kappa shape index (κ2) is 11.6. The van der Waals surface area contributed by atoms with E-state index in [0.717, 1.165) is 35.7 Å². The summed E-state index contributed by atoms with van der Waals surface area (Å²) in [5.41, 5.74) is 1.92. The van der Waals surface area contributed by atoms with Gasteiger partial charge in [0, 0.05) is 30.6 Å². The standard InChI is InChI=1S/C32H44N4O4/c1-20(2)40-34-28(13-14-30(37)38)31-32(39)36(29-10-6-5-9-27(29)33-31)26-18-23-11-12-24(19-26)35(23)25-16-21-7-3-4-8-22(15-21)17-25/h5-6,9-10,20-26H,3-4,7-8,11-19H2,1-2H3,(H,37,38)/b34-28+/t21-,22+,23-,24+,25-,26+. The summed E-state index contributed by atoms with van der Waals surface area (Å²) in [5, 5.41) is 13.6. The largest absolute Gasteiger partial charge is 0.481 e. The van der Waals surface area contributed by atoms with Crippen LogP contribution in [-0.4, -0.2) is 55.5 Å². The van der Waals surface area contributed by atoms with Gasteiger partial charge in [-0.2, -0.15) is 0 Å². The van der Waals surface area contributed by atoms with E-state index in [1.807, 2.05) is 42.7 Å². The highest BCUT2D eigenvalue weighted by Gasteiger charge is 2.47. The van der Waals surface area contributed by atoms with Crippen LogP contribution >= 0.6 is 0 Å². The molecular weight excluding hydrogens is 504 g/mol. The number of para-hydroxylation sites is 2. The number of rotatable bonds is 8. The zero-order chi connectivity index (χ0) is 27.8. The second-order valence-electron chi connectivity index (χ2n) is 13.0. The number of piperidine rings is 1. The molecule has 2 saturated carbocycles. The van der Waals surface area contributed by atoms with Gasteiger partial charge in [0.1, 0.15) is 11.8 Å². The number of aliphatic carboxylic acids is 1. The fraction of sp³-hybridized carbons (Fsp3) is 0.688. The van der Waals surface area contributed by atoms with Gasteiger partial charge in [-0.15, -0.1) is 0 Å². The Morgan fingerprint density at radius 2 is 1.62 bits per heavy atom. The quantitative estimate of drug-likeness (QED) is 0.325. The van der Waals surface area contributed by atoms with Crippen molar-refractivity contribution in [1.29, 1.82) is 0 Å². The number of aromatic nitrogens is 2. The monoisotopic (exact) mass is 548 g/mol. The van der Waals surface area contributed by atoms with Crippen molar-refractivity contribution in [3.8, 4) is 0 Å². The van der Waals surface area contributed by atoms with Gasteiger partial charge in [-0.1, -0.05) is 43.0 Å². The molecule has 4 bridgehead atoms. The molecule has 2 aliphatic heterocycles. The molecule has 2 saturated heterocycles. The third-order valence-electron chi connectivity index (χ3n) is 9.92. The summed E-state index contributed by atoms with van der Waals surface area (Å²) in [6, 6.07) is 9.64. The molecule has 2 aromatic rings. The van der Waals surface area contributed by atoms with E-state index in [0.29, 0.717) is 23.8 Å². The lowest BCUT2D eigenvalue weighted by atomic mass is 9.76. The lowest BCUT2D eigenvalue weighted by Gasteiger charge is -2.48. The van der Waals surface area contributed by atoms with E-state index in [4.69, 9.17) is 9.82 Å². The maximum Gasteiger partial charge on any atom is 0.303 e. The first kappa shape index (κ1) is 27.4. The van der Waals surface area contributed by atoms with Crippen molar-refractivity contribution in [2.24, 2.45) is 17.0 Å². The summed E-state index contributed by atoms with van der Waals surface area (Å²) in [6.45, 7) is 3.71. The number of nitrogens with zero attached hydrogens (tertiary/aromatic N) is 4. The van der Waals surface area contributed by atoms with Gasteiger partial charge >= 0.3 is 5.97 Å². The van der Waals surface area contributed by atoms with E-state index in [1.165, 1.54) is 57.8 Å². The van der Waals surface area contributed by atoms with Crippen LogP contribution in [-0.2, 0) is 9.63 Å². The zero-order valence-corrected chi connectivity index (χ0v) is 24.0. The number of benzene rings is 1. The first-order chi connectivity index (χ1) is 19.4. The van der Waals surface area contributed by atoms with Gasteiger partial charge in [0.15, 0.2) is 5.69 Å². The fourth-order valence-electron chi connectivity index (χ4n) is 8.41. The molecule has 8 nitrogen and oxygen atoms in total. The van der Waals surface area contributed by atoms with Crippen LogP contribution in [0.25, 0.3) is 11.0 Å². The van der Waals surface area contributed by atoms with Crippen LogP contribution in [0.3, 0.4) is 0 Å². The Morgan fingerprint density at radius 3 is 2.27 bits per heavy atom. The van der Waals surface area contributed by atoms with E-state index in [1.54, 1.807) is 0 Å². The smallest absolute Gasteiger partial charge is 0.303 e. The van der Waals surface area contributed by atoms with Crippen molar-refractivity contribution >= 4 is 22.7 Å². The minimum atomic E-state index is -0.940. The Morgan fingerprint density at radius 1 is 0.950 bits per heavy atom. The minimum Gasteiger partial charge on any atom is -0.481 e. The summed E-state index contributed by atoms with van der Waals surface area (Å²) in [5.74, 6) is 0.855. The predicted molar refractivity (Wildman–Crippen MR) is 156 cm³/mol. The second-order valence-corrected chi connectivity index (χ2v) is 13.0. The van der Waals surface area contributed by atoms with E-state index >= 15 is 0 Å². The van der Waals surface area contributed by atoms with Crippen LogP contribution in [0.5, 0.6) is 0 Å². The molecule has 3 heterocycles. The van der Waals surface area contributed by atoms with Crippen molar-refractivity contribution in [3.63, 3.8) is 0 Å². The van der Waals surface area contributed by atoms with Crippen molar-refractivity contribution in [3.05, 3.63) is 40.3 Å². The minimum absolute atomic E-state index is 0.0884. The molecule has 0 spiro atoms. The summed E-state index contributed by atoms with van der Waals surface area (Å²) < 4.78 is 1.96. The van der Waals surface area contributed by atoms with Gasteiger partial charge in [-0.05, 0) is 82.8 Å². The van der Waals surface area contributed by atoms with Gasteiger partial charge in [-0.25, -0.2) is 4.98 Å². The van der Waals surface area contributed by atoms with E-state index in [-0.39, 0.29) is 36.2 Å². The Bertz CT molecular complexity index is 1290. The number of hydrogen-bond acceptors (Lipinski definition) is 6. The molecule has 1 N–H and O–H groups in total. The fourth-order valence-corrected chi connectivity index (χ4v) is 8.41. The number of oxime groups is 1. The Kier molecular flexibility index (Phi) is 7.98. The van der Waals surface area contributed by atoms with Gasteiger partial charge < -0.3 is 14.5 Å². The van der Waals surface area contributed by atoms with Crippen molar-refractivity contribution in [1.82, 2.24) is 14.5 Å². The summed E-state index contributed by atoms with van der Waals surface area (Å²) in [7, 11) is 0. The first-order valence-electron chi connectivity index (χ1n) is 15.6. The maximum atomic E-state index is 14.2. The van der Waals surface area contributed by atoms with E-state index in [9.17, 15) is 14.7 Å². The third kappa shape index (κ3) is 5.56. The average molecular weight is 549 g/mol. The number of fused-ring (bicyclic) bond motifs is 5. The topological polar surface area (TPSA) is 97.0 Å². The SMILES string of the molecule is CC(C)O/N=C(\CCC(=O)O)c1nc2ccccc2n([C@H]2C[C@H]3CC[C@@H](C2)N3[C@@H]2C[C@@H]3CCCC[C@@H](C3)C2)c1=O. The van der Waals surface area contributed by atoms with Crippen molar-refractivity contribution in [2.45, 2.75) is 128 Å². The van der Waals surface area contributed by atoms with Crippen LogP contribution in [0, 0.1) is 11.8 Å². The molecule has 0 unspecified atom stereocenters. The van der Waals surface area contributed by atoms with Crippen LogP contribution in [0.4, 0.5) is 0 Å². The predicted octanol–water partition coefficient (Wildman–Crippen LogP) is 5.92. The molecule has 2 aliphatic carbocycles. The lowest BCUT2D eigenvalue weighted by Crippen LogP contribution is -2.52. The van der Waals surface area contributed by atoms with E-state index in [2.05, 4.69) is 10.1 Å². The number of carboxylic acid groups (broad SMARTS) is 1. The first-order valence-corrected chi connectivity index (χ1v) is 15.6. The molecule has 4 aliphatic rings. The maximum absolute atomic E-state index is 14.2. The number of carbonyl (C=O) groups is 1. The molecule has 40 heavy (non-hydrogen) atoms. The lowest BCUT2D eigenvalue weighted by molar-refractivity contribution is -0.136. The normalized spacial score (nSPS) is 30.9. The van der Waals surface area contributed by atoms with Crippen LogP contribution < -0.4 is 5.56 Å². The average Bonchev–Trinajstić information content (AvgIpc) is 3.08. The van der Waals surface area contributed by atoms with Gasteiger partial charge in [0.2, 0.25) is 0 Å². The van der Waals surface area contributed by atoms with E-state index < -0.39 is 5.97 Å². The molecular formula is C32H44N4O4. The molecule has 8 heteroatoms. The summed E-state index contributed by atoms with van der Waals surface area (Å²) in [4.78, 5) is 38.7. The Labute approximate surface area is 236 Å². The van der Waals surface area contributed by atoms with Gasteiger partial charge in [0.25, 0.3) is 5.56 Å². The molecule has 6 atom stereocenters. The van der Waals surface area contributed by atoms with Crippen molar-refractivity contribution in [2.75, 3.05) is 0 Å². The number of carboxylic acids is 1. The molecule has 0 amide bonds. The molecule has 1 aromatic heterocycles. The third-order valence-corrected chi connectivity index (χ3v) is 9.92. The van der Waals surface area contributed by atoms with Crippen LogP contribution in [0.1, 0.15) is 109 Å². The van der Waals surface area contributed by atoms with Crippen LogP contribution in [0.2, 0.25) is 0 Å². The molecule has 0 radical (unpaired) electrons. The Hall–Kier alpha value is -2.74. The zero-order valence-electron chi connectivity index (χ0n) is 24.0. The van der Waals surface area contributed by atoms with Crippen molar-refractivity contribution < 1.29 is 14.7 Å². The highest BCUT2D eigenvalue weighted by molar-refractivity contribution is 6.00. The summed E-state index contributed by atoms with van der Waals surface area (Å²) >= 11 is 0. The molecule has 1 aromatic carbocycles. The molecule has 6 rings (SSSR count). The highest BCUT2D eigenvalue weighted by atomic mass is 16.6. The van der Waals surface area contributed by atoms with Gasteiger partial charge in [-0.3, -0.25) is 14.5 Å². The molecule has 4 fully saturated rings. The number of hydrogen-bond donors (Lipinski definition) is 1. The van der Waals surface area contributed by atoms with Gasteiger partial charge in [0.05, 0.1) is 17.5 Å². The highest BCUT2D eigenvalue weighted by Crippen LogP contribution is 2.48. The van der Waals surface area contributed by atoms with Crippen LogP contribution in [0.15, 0.2) is 34.2 Å². The molecule has 216 valence electrons. The Balaban J connectivity index is 1.33. The summed E-state index contributed by atoms with van der Waals surface area (Å²) in [6.07, 6.45) is 13.9.